The van der Waals surface area contributed by atoms with Crippen LogP contribution in [0.5, 0.6) is 0 Å². The first-order valence-corrected chi connectivity index (χ1v) is 4.59. The Hall–Kier alpha value is -1.25. The Morgan fingerprint density at radius 2 is 2.31 bits per heavy atom. The fraction of sp³-hybridized carbons (Fsp3) is 0.500. The number of rotatable bonds is 3. The Balaban J connectivity index is 2.64. The standard InChI is InChI=1S/C10H16N2O/c1-4-8(3)12-10(13)9-6-11-5-7(9)2/h5-6,8,11H,4H2,1-3H3,(H,12,13). The number of amides is 1. The molecule has 1 heterocycles. The van der Waals surface area contributed by atoms with Gasteiger partial charge in [-0.1, -0.05) is 6.92 Å². The molecule has 1 unspecified atom stereocenters. The third kappa shape index (κ3) is 2.34. The Morgan fingerprint density at radius 1 is 1.62 bits per heavy atom. The van der Waals surface area contributed by atoms with Crippen molar-refractivity contribution in [1.82, 2.24) is 10.3 Å². The molecule has 0 saturated carbocycles. The van der Waals surface area contributed by atoms with Crippen LogP contribution in [0, 0.1) is 6.92 Å². The molecular weight excluding hydrogens is 164 g/mol. The molecule has 1 aromatic heterocycles. The van der Waals surface area contributed by atoms with Crippen molar-refractivity contribution < 1.29 is 4.79 Å². The molecule has 72 valence electrons. The van der Waals surface area contributed by atoms with Gasteiger partial charge in [0, 0.05) is 18.4 Å². The largest absolute Gasteiger partial charge is 0.367 e. The van der Waals surface area contributed by atoms with Crippen LogP contribution in [0.25, 0.3) is 0 Å². The van der Waals surface area contributed by atoms with Crippen molar-refractivity contribution in [3.8, 4) is 0 Å². The van der Waals surface area contributed by atoms with Crippen molar-refractivity contribution in [1.29, 1.82) is 0 Å². The monoisotopic (exact) mass is 180 g/mol. The van der Waals surface area contributed by atoms with Crippen LogP contribution < -0.4 is 5.32 Å². The Bertz CT molecular complexity index is 291. The number of nitrogens with one attached hydrogen (secondary N) is 2. The first kappa shape index (κ1) is 9.84. The van der Waals surface area contributed by atoms with Crippen molar-refractivity contribution in [2.75, 3.05) is 0 Å². The summed E-state index contributed by atoms with van der Waals surface area (Å²) in [5.74, 6) is 0.00750. The van der Waals surface area contributed by atoms with Crippen LogP contribution >= 0.6 is 0 Å². The van der Waals surface area contributed by atoms with E-state index in [2.05, 4.69) is 17.2 Å². The van der Waals surface area contributed by atoms with Gasteiger partial charge in [0.2, 0.25) is 0 Å². The Labute approximate surface area is 78.5 Å². The highest BCUT2D eigenvalue weighted by Gasteiger charge is 2.10. The summed E-state index contributed by atoms with van der Waals surface area (Å²) in [5.41, 5.74) is 1.72. The number of aromatic amines is 1. The van der Waals surface area contributed by atoms with Crippen molar-refractivity contribution in [2.45, 2.75) is 33.2 Å². The van der Waals surface area contributed by atoms with Crippen molar-refractivity contribution in [3.05, 3.63) is 23.5 Å². The number of carbonyl (C=O) groups is 1. The van der Waals surface area contributed by atoms with Gasteiger partial charge in [0.05, 0.1) is 5.56 Å². The number of hydrogen-bond acceptors (Lipinski definition) is 1. The minimum absolute atomic E-state index is 0.00750. The van der Waals surface area contributed by atoms with Gasteiger partial charge in [-0.25, -0.2) is 0 Å². The molecule has 0 aliphatic rings. The lowest BCUT2D eigenvalue weighted by molar-refractivity contribution is 0.0939. The zero-order valence-corrected chi connectivity index (χ0v) is 8.35. The molecule has 1 aromatic rings. The molecule has 0 saturated heterocycles. The van der Waals surface area contributed by atoms with Gasteiger partial charge >= 0.3 is 0 Å². The van der Waals surface area contributed by atoms with Crippen LogP contribution in [0.4, 0.5) is 0 Å². The first-order chi connectivity index (χ1) is 6.15. The summed E-state index contributed by atoms with van der Waals surface area (Å²) in [6.07, 6.45) is 4.51. The number of H-pyrrole nitrogens is 1. The lowest BCUT2D eigenvalue weighted by Gasteiger charge is -2.10. The maximum atomic E-state index is 11.6. The van der Waals surface area contributed by atoms with Gasteiger partial charge in [0.1, 0.15) is 0 Å². The second-order valence-corrected chi connectivity index (χ2v) is 3.33. The molecular formula is C10H16N2O. The van der Waals surface area contributed by atoms with Crippen LogP contribution in [0.1, 0.15) is 36.2 Å². The zero-order valence-electron chi connectivity index (χ0n) is 8.35. The predicted octanol–water partition coefficient (Wildman–Crippen LogP) is 1.85. The highest BCUT2D eigenvalue weighted by atomic mass is 16.1. The summed E-state index contributed by atoms with van der Waals surface area (Å²) in [5, 5.41) is 2.91. The molecule has 1 rings (SSSR count). The first-order valence-electron chi connectivity index (χ1n) is 4.59. The summed E-state index contributed by atoms with van der Waals surface area (Å²) in [4.78, 5) is 14.5. The molecule has 0 fully saturated rings. The summed E-state index contributed by atoms with van der Waals surface area (Å²) < 4.78 is 0. The highest BCUT2D eigenvalue weighted by molar-refractivity contribution is 5.95. The second-order valence-electron chi connectivity index (χ2n) is 3.33. The summed E-state index contributed by atoms with van der Waals surface area (Å²) >= 11 is 0. The van der Waals surface area contributed by atoms with Crippen LogP contribution in [0.15, 0.2) is 12.4 Å². The summed E-state index contributed by atoms with van der Waals surface area (Å²) in [6.45, 7) is 5.97. The maximum absolute atomic E-state index is 11.6. The van der Waals surface area contributed by atoms with Gasteiger partial charge in [-0.3, -0.25) is 4.79 Å². The van der Waals surface area contributed by atoms with Crippen molar-refractivity contribution in [2.24, 2.45) is 0 Å². The average Bonchev–Trinajstić information content (AvgIpc) is 2.51. The topological polar surface area (TPSA) is 44.9 Å². The van der Waals surface area contributed by atoms with Gasteiger partial charge < -0.3 is 10.3 Å². The minimum atomic E-state index is 0.00750. The van der Waals surface area contributed by atoms with E-state index in [1.54, 1.807) is 6.20 Å². The van der Waals surface area contributed by atoms with Gasteiger partial charge in [-0.2, -0.15) is 0 Å². The third-order valence-electron chi connectivity index (χ3n) is 2.19. The summed E-state index contributed by atoms with van der Waals surface area (Å²) in [6, 6.07) is 0.238. The average molecular weight is 180 g/mol. The van der Waals surface area contributed by atoms with Crippen LogP contribution in [-0.2, 0) is 0 Å². The summed E-state index contributed by atoms with van der Waals surface area (Å²) in [7, 11) is 0. The SMILES string of the molecule is CCC(C)NC(=O)c1c[nH]cc1C. The van der Waals surface area contributed by atoms with Crippen LogP contribution in [0.2, 0.25) is 0 Å². The quantitative estimate of drug-likeness (QED) is 0.732. The fourth-order valence-electron chi connectivity index (χ4n) is 1.09. The molecule has 13 heavy (non-hydrogen) atoms. The van der Waals surface area contributed by atoms with Crippen molar-refractivity contribution in [3.63, 3.8) is 0 Å². The number of aromatic nitrogens is 1. The van der Waals surface area contributed by atoms with E-state index < -0.39 is 0 Å². The lowest BCUT2D eigenvalue weighted by atomic mass is 10.2. The van der Waals surface area contributed by atoms with E-state index in [0.717, 1.165) is 17.5 Å². The number of carbonyl (C=O) groups excluding carboxylic acids is 1. The van der Waals surface area contributed by atoms with Crippen LogP contribution in [-0.4, -0.2) is 16.9 Å². The minimum Gasteiger partial charge on any atom is -0.367 e. The molecule has 0 aliphatic carbocycles. The molecule has 0 aromatic carbocycles. The highest BCUT2D eigenvalue weighted by Crippen LogP contribution is 2.05. The van der Waals surface area contributed by atoms with E-state index in [0.29, 0.717) is 0 Å². The van der Waals surface area contributed by atoms with Crippen LogP contribution in [0.3, 0.4) is 0 Å². The molecule has 2 N–H and O–H groups in total. The predicted molar refractivity (Wildman–Crippen MR) is 52.7 cm³/mol. The fourth-order valence-corrected chi connectivity index (χ4v) is 1.09. The number of aryl methyl sites for hydroxylation is 1. The molecule has 0 spiro atoms. The number of hydrogen-bond donors (Lipinski definition) is 2. The van der Waals surface area contributed by atoms with Crippen molar-refractivity contribution >= 4 is 5.91 Å². The van der Waals surface area contributed by atoms with Gasteiger partial charge in [0.25, 0.3) is 5.91 Å². The molecule has 0 radical (unpaired) electrons. The van der Waals surface area contributed by atoms with E-state index in [1.165, 1.54) is 0 Å². The maximum Gasteiger partial charge on any atom is 0.253 e. The normalized spacial score (nSPS) is 12.5. The van der Waals surface area contributed by atoms with E-state index in [-0.39, 0.29) is 11.9 Å². The Morgan fingerprint density at radius 3 is 2.77 bits per heavy atom. The van der Waals surface area contributed by atoms with Gasteiger partial charge in [0.15, 0.2) is 0 Å². The zero-order chi connectivity index (χ0) is 9.84. The molecule has 1 amide bonds. The molecule has 1 atom stereocenters. The van der Waals surface area contributed by atoms with E-state index >= 15 is 0 Å². The third-order valence-corrected chi connectivity index (χ3v) is 2.19. The van der Waals surface area contributed by atoms with E-state index in [4.69, 9.17) is 0 Å². The van der Waals surface area contributed by atoms with E-state index in [1.807, 2.05) is 20.0 Å². The van der Waals surface area contributed by atoms with E-state index in [9.17, 15) is 4.79 Å². The molecule has 3 heteroatoms. The molecule has 0 aliphatic heterocycles. The molecule has 0 bridgehead atoms. The Kier molecular flexibility index (Phi) is 3.12. The van der Waals surface area contributed by atoms with Gasteiger partial charge in [-0.15, -0.1) is 0 Å². The second kappa shape index (κ2) is 4.12. The molecule has 3 nitrogen and oxygen atoms in total. The lowest BCUT2D eigenvalue weighted by Crippen LogP contribution is -2.32. The smallest absolute Gasteiger partial charge is 0.253 e. The van der Waals surface area contributed by atoms with Gasteiger partial charge in [-0.05, 0) is 25.8 Å².